The molecule has 1 aromatic rings. The number of carbonyl (C=O) groups excluding carboxylic acids is 2. The predicted molar refractivity (Wildman–Crippen MR) is 62.6 cm³/mol. The number of carbonyl (C=O) groups is 2. The molecule has 3 rings (SSSR count). The highest BCUT2D eigenvalue weighted by Gasteiger charge is 2.49. The van der Waals surface area contributed by atoms with E-state index in [2.05, 4.69) is 16.0 Å². The lowest BCUT2D eigenvalue weighted by Crippen LogP contribution is -2.47. The molecule has 0 aliphatic carbocycles. The number of rotatable bonds is 0. The molecule has 2 heterocycles. The van der Waals surface area contributed by atoms with Gasteiger partial charge >= 0.3 is 6.03 Å². The number of amides is 3. The number of urea groups is 1. The van der Waals surface area contributed by atoms with Crippen LogP contribution in [0.4, 0.5) is 10.5 Å². The van der Waals surface area contributed by atoms with Crippen LogP contribution >= 0.6 is 0 Å². The Hall–Kier alpha value is -2.04. The van der Waals surface area contributed by atoms with Crippen molar-refractivity contribution in [3.63, 3.8) is 0 Å². The minimum absolute atomic E-state index is 0.255. The second kappa shape index (κ2) is 3.23. The third-order valence-corrected chi connectivity index (χ3v) is 3.39. The maximum Gasteiger partial charge on any atom is 0.322 e. The van der Waals surface area contributed by atoms with Crippen molar-refractivity contribution in [1.82, 2.24) is 10.6 Å². The van der Waals surface area contributed by atoms with E-state index >= 15 is 0 Å². The molecule has 2 aliphatic heterocycles. The Morgan fingerprint density at radius 1 is 1.29 bits per heavy atom. The van der Waals surface area contributed by atoms with E-state index in [4.69, 9.17) is 0 Å². The van der Waals surface area contributed by atoms with Gasteiger partial charge in [0.25, 0.3) is 5.91 Å². The standard InChI is InChI=1S/C12H13N3O2/c1-7-2-3-8-9(6-7)13-5-4-12(8)10(16)14-11(17)15-12/h2-3,6,13H,4-5H2,1H3,(H2,14,15,16,17). The summed E-state index contributed by atoms with van der Waals surface area (Å²) in [6, 6.07) is 5.44. The van der Waals surface area contributed by atoms with E-state index in [9.17, 15) is 9.59 Å². The maximum atomic E-state index is 12.0. The number of imide groups is 1. The summed E-state index contributed by atoms with van der Waals surface area (Å²) >= 11 is 0. The van der Waals surface area contributed by atoms with Crippen molar-refractivity contribution in [2.45, 2.75) is 18.9 Å². The SMILES string of the molecule is Cc1ccc2c(c1)NCCC21NC(=O)NC1=O. The molecule has 0 bridgehead atoms. The summed E-state index contributed by atoms with van der Waals surface area (Å²) in [5.74, 6) is -0.255. The van der Waals surface area contributed by atoms with Crippen LogP contribution < -0.4 is 16.0 Å². The molecule has 5 nitrogen and oxygen atoms in total. The molecule has 1 spiro atoms. The van der Waals surface area contributed by atoms with Crippen LogP contribution in [-0.2, 0) is 10.3 Å². The first-order valence-electron chi connectivity index (χ1n) is 5.60. The van der Waals surface area contributed by atoms with Crippen molar-refractivity contribution in [1.29, 1.82) is 0 Å². The summed E-state index contributed by atoms with van der Waals surface area (Å²) in [5.41, 5.74) is 2.01. The summed E-state index contributed by atoms with van der Waals surface area (Å²) in [5, 5.41) is 8.33. The number of hydrogen-bond donors (Lipinski definition) is 3. The highest BCUT2D eigenvalue weighted by molar-refractivity contribution is 6.08. The van der Waals surface area contributed by atoms with Crippen LogP contribution in [0.1, 0.15) is 17.5 Å². The normalized spacial score (nSPS) is 26.2. The van der Waals surface area contributed by atoms with Crippen LogP contribution in [0, 0.1) is 6.92 Å². The fourth-order valence-electron chi connectivity index (χ4n) is 2.55. The molecular formula is C12H13N3O2. The summed E-state index contributed by atoms with van der Waals surface area (Å²) in [7, 11) is 0. The number of aryl methyl sites for hydroxylation is 1. The zero-order chi connectivity index (χ0) is 12.0. The Kier molecular flexibility index (Phi) is 1.92. The lowest BCUT2D eigenvalue weighted by atomic mass is 9.82. The minimum atomic E-state index is -0.884. The summed E-state index contributed by atoms with van der Waals surface area (Å²) in [6.07, 6.45) is 0.570. The van der Waals surface area contributed by atoms with Gasteiger partial charge in [0, 0.05) is 24.2 Å². The van der Waals surface area contributed by atoms with Crippen molar-refractivity contribution in [2.75, 3.05) is 11.9 Å². The lowest BCUT2D eigenvalue weighted by Gasteiger charge is -2.33. The van der Waals surface area contributed by atoms with Crippen LogP contribution in [0.25, 0.3) is 0 Å². The number of fused-ring (bicyclic) bond motifs is 2. The lowest BCUT2D eigenvalue weighted by molar-refractivity contribution is -0.124. The van der Waals surface area contributed by atoms with E-state index in [1.54, 1.807) is 0 Å². The van der Waals surface area contributed by atoms with E-state index in [1.807, 2.05) is 25.1 Å². The van der Waals surface area contributed by atoms with Gasteiger partial charge < -0.3 is 10.6 Å². The Morgan fingerprint density at radius 3 is 2.82 bits per heavy atom. The highest BCUT2D eigenvalue weighted by atomic mass is 16.2. The fourth-order valence-corrected chi connectivity index (χ4v) is 2.55. The van der Waals surface area contributed by atoms with Crippen LogP contribution in [0.5, 0.6) is 0 Å². The minimum Gasteiger partial charge on any atom is -0.385 e. The smallest absolute Gasteiger partial charge is 0.322 e. The molecule has 1 saturated heterocycles. The summed E-state index contributed by atoms with van der Waals surface area (Å²) in [4.78, 5) is 23.3. The molecule has 88 valence electrons. The monoisotopic (exact) mass is 231 g/mol. The average molecular weight is 231 g/mol. The molecule has 5 heteroatoms. The van der Waals surface area contributed by atoms with Gasteiger partial charge in [-0.05, 0) is 18.6 Å². The van der Waals surface area contributed by atoms with E-state index in [1.165, 1.54) is 0 Å². The third kappa shape index (κ3) is 1.32. The van der Waals surface area contributed by atoms with Gasteiger partial charge in [-0.3, -0.25) is 10.1 Å². The Balaban J connectivity index is 2.17. The van der Waals surface area contributed by atoms with Crippen LogP contribution in [-0.4, -0.2) is 18.5 Å². The van der Waals surface area contributed by atoms with E-state index < -0.39 is 11.6 Å². The van der Waals surface area contributed by atoms with Crippen LogP contribution in [0.2, 0.25) is 0 Å². The molecule has 3 amide bonds. The Morgan fingerprint density at radius 2 is 2.12 bits per heavy atom. The Bertz CT molecular complexity index is 526. The van der Waals surface area contributed by atoms with Crippen molar-refractivity contribution in [3.05, 3.63) is 29.3 Å². The summed E-state index contributed by atoms with van der Waals surface area (Å²) < 4.78 is 0. The average Bonchev–Trinajstić information content (AvgIpc) is 2.54. The molecule has 2 aliphatic rings. The van der Waals surface area contributed by atoms with Crippen molar-refractivity contribution >= 4 is 17.6 Å². The van der Waals surface area contributed by atoms with Gasteiger partial charge in [-0.2, -0.15) is 0 Å². The molecule has 0 saturated carbocycles. The molecule has 1 fully saturated rings. The van der Waals surface area contributed by atoms with E-state index in [0.29, 0.717) is 13.0 Å². The van der Waals surface area contributed by atoms with Crippen LogP contribution in [0.3, 0.4) is 0 Å². The third-order valence-electron chi connectivity index (χ3n) is 3.39. The first kappa shape index (κ1) is 10.1. The largest absolute Gasteiger partial charge is 0.385 e. The topological polar surface area (TPSA) is 70.2 Å². The highest BCUT2D eigenvalue weighted by Crippen LogP contribution is 2.37. The molecule has 1 aromatic carbocycles. The Labute approximate surface area is 98.6 Å². The van der Waals surface area contributed by atoms with Gasteiger partial charge in [-0.25, -0.2) is 4.79 Å². The van der Waals surface area contributed by atoms with E-state index in [0.717, 1.165) is 16.8 Å². The zero-order valence-corrected chi connectivity index (χ0v) is 9.46. The first-order chi connectivity index (χ1) is 8.12. The molecule has 1 atom stereocenters. The van der Waals surface area contributed by atoms with Crippen molar-refractivity contribution < 1.29 is 9.59 Å². The van der Waals surface area contributed by atoms with Crippen molar-refractivity contribution in [3.8, 4) is 0 Å². The fraction of sp³-hybridized carbons (Fsp3) is 0.333. The van der Waals surface area contributed by atoms with Crippen LogP contribution in [0.15, 0.2) is 18.2 Å². The van der Waals surface area contributed by atoms with Gasteiger partial charge in [-0.1, -0.05) is 12.1 Å². The summed E-state index contributed by atoms with van der Waals surface area (Å²) in [6.45, 7) is 2.67. The number of anilines is 1. The molecule has 0 aromatic heterocycles. The van der Waals surface area contributed by atoms with Crippen molar-refractivity contribution in [2.24, 2.45) is 0 Å². The van der Waals surface area contributed by atoms with Gasteiger partial charge in [0.1, 0.15) is 5.54 Å². The van der Waals surface area contributed by atoms with Gasteiger partial charge in [0.05, 0.1) is 0 Å². The predicted octanol–water partition coefficient (Wildman–Crippen LogP) is 0.845. The van der Waals surface area contributed by atoms with Gasteiger partial charge in [0.15, 0.2) is 0 Å². The van der Waals surface area contributed by atoms with Gasteiger partial charge in [-0.15, -0.1) is 0 Å². The number of hydrogen-bond acceptors (Lipinski definition) is 3. The molecule has 0 radical (unpaired) electrons. The molecule has 3 N–H and O–H groups in total. The zero-order valence-electron chi connectivity index (χ0n) is 9.46. The first-order valence-corrected chi connectivity index (χ1v) is 5.60. The molecule has 1 unspecified atom stereocenters. The van der Waals surface area contributed by atoms with E-state index in [-0.39, 0.29) is 5.91 Å². The maximum absolute atomic E-state index is 12.0. The second-order valence-electron chi connectivity index (χ2n) is 4.54. The molecule has 17 heavy (non-hydrogen) atoms. The quantitative estimate of drug-likeness (QED) is 0.580. The molecular weight excluding hydrogens is 218 g/mol. The van der Waals surface area contributed by atoms with Gasteiger partial charge in [0.2, 0.25) is 0 Å². The number of benzene rings is 1. The number of nitrogens with one attached hydrogen (secondary N) is 3. The second-order valence-corrected chi connectivity index (χ2v) is 4.54.